The highest BCUT2D eigenvalue weighted by molar-refractivity contribution is 8.23. The topological polar surface area (TPSA) is 54.5 Å². The molecule has 0 N–H and O–H groups in total. The molecule has 1 saturated heterocycles. The van der Waals surface area contributed by atoms with Gasteiger partial charge in [0.05, 0.1) is 0 Å². The largest absolute Gasteiger partial charge is 0.293 e. The highest BCUT2D eigenvalue weighted by Crippen LogP contribution is 2.24. The van der Waals surface area contributed by atoms with Gasteiger partial charge in [0.1, 0.15) is 9.72 Å². The number of rotatable bonds is 5. The third-order valence-corrected chi connectivity index (χ3v) is 5.71. The Bertz CT molecular complexity index is 542. The summed E-state index contributed by atoms with van der Waals surface area (Å²) in [6.45, 7) is 0.649. The second-order valence-corrected chi connectivity index (χ2v) is 7.97. The maximum atomic E-state index is 12.2. The molecule has 1 aromatic carbocycles. The maximum Gasteiger partial charge on any atom is 0.259 e. The summed E-state index contributed by atoms with van der Waals surface area (Å²) >= 11 is 6.64. The van der Waals surface area contributed by atoms with Crippen molar-refractivity contribution in [3.63, 3.8) is 0 Å². The third kappa shape index (κ3) is 3.70. The average Bonchev–Trinajstić information content (AvgIpc) is 2.91. The van der Waals surface area contributed by atoms with E-state index in [1.54, 1.807) is 29.2 Å². The molecule has 0 unspecified atom stereocenters. The lowest BCUT2D eigenvalue weighted by Gasteiger charge is -2.14. The third-order valence-electron chi connectivity index (χ3n) is 2.87. The van der Waals surface area contributed by atoms with Crippen LogP contribution in [0.3, 0.4) is 0 Å². The van der Waals surface area contributed by atoms with Gasteiger partial charge in [-0.1, -0.05) is 36.1 Å². The molecular weight excluding hydrogens is 332 g/mol. The Morgan fingerprint density at radius 3 is 2.45 bits per heavy atom. The molecule has 0 saturated carbocycles. The minimum Gasteiger partial charge on any atom is -0.293 e. The number of carbonyl (C=O) groups excluding carboxylic acids is 1. The van der Waals surface area contributed by atoms with Gasteiger partial charge < -0.3 is 0 Å². The molecule has 0 aliphatic carbocycles. The number of carbonyl (C=O) groups is 1. The molecule has 2 rings (SSSR count). The molecule has 1 heterocycles. The number of amides is 1. The number of hydrogen-bond acceptors (Lipinski definition) is 5. The van der Waals surface area contributed by atoms with Crippen molar-refractivity contribution in [1.82, 2.24) is 4.90 Å². The zero-order valence-electron chi connectivity index (χ0n) is 10.4. The molecule has 4 nitrogen and oxygen atoms in total. The van der Waals surface area contributed by atoms with Crippen molar-refractivity contribution in [2.24, 2.45) is 0 Å². The molecule has 0 atom stereocenters. The summed E-state index contributed by atoms with van der Waals surface area (Å²) in [6, 6.07) is 7.04. The second kappa shape index (κ2) is 7.37. The molecule has 8 heteroatoms. The minimum absolute atomic E-state index is 0.0907. The smallest absolute Gasteiger partial charge is 0.259 e. The van der Waals surface area contributed by atoms with Crippen molar-refractivity contribution in [1.29, 1.82) is 0 Å². The van der Waals surface area contributed by atoms with Gasteiger partial charge in [-0.25, -0.2) is 0 Å². The van der Waals surface area contributed by atoms with Crippen LogP contribution in [0.2, 0.25) is 0 Å². The van der Waals surface area contributed by atoms with E-state index in [1.807, 2.05) is 0 Å². The highest BCUT2D eigenvalue weighted by Gasteiger charge is 2.25. The molecule has 0 bridgehead atoms. The normalized spacial score (nSPS) is 16.8. The molecule has 0 radical (unpaired) electrons. The first kappa shape index (κ1) is 15.7. The van der Waals surface area contributed by atoms with E-state index in [-0.39, 0.29) is 22.8 Å². The maximum absolute atomic E-state index is 12.2. The van der Waals surface area contributed by atoms with Gasteiger partial charge in [-0.05, 0) is 24.1 Å². The molecule has 1 fully saturated rings. The molecule has 0 spiro atoms. The summed E-state index contributed by atoms with van der Waals surface area (Å²) in [5.41, 5.74) is 1.48. The molecule has 104 valence electrons. The molecule has 20 heavy (non-hydrogen) atoms. The van der Waals surface area contributed by atoms with E-state index in [2.05, 4.69) is 0 Å². The first-order chi connectivity index (χ1) is 9.65. The van der Waals surface area contributed by atoms with Crippen LogP contribution in [0.5, 0.6) is 0 Å². The predicted octanol–water partition coefficient (Wildman–Crippen LogP) is 3.61. The summed E-state index contributed by atoms with van der Waals surface area (Å²) in [5, 5.41) is -0.431. The van der Waals surface area contributed by atoms with Crippen LogP contribution in [0.15, 0.2) is 24.3 Å². The number of benzene rings is 1. The fourth-order valence-electron chi connectivity index (χ4n) is 1.82. The van der Waals surface area contributed by atoms with Crippen LogP contribution in [0.25, 0.3) is 0 Å². The van der Waals surface area contributed by atoms with Crippen LogP contribution in [0.4, 0.5) is 0 Å². The van der Waals surface area contributed by atoms with E-state index < -0.39 is 5.40 Å². The van der Waals surface area contributed by atoms with E-state index in [0.717, 1.165) is 11.3 Å². The summed E-state index contributed by atoms with van der Waals surface area (Å²) in [5.74, 6) is 0.752. The Kier molecular flexibility index (Phi) is 5.79. The second-order valence-electron chi connectivity index (χ2n) is 4.16. The first-order valence-electron chi connectivity index (χ1n) is 5.88. The number of thioether (sulfide) groups is 1. The van der Waals surface area contributed by atoms with Crippen LogP contribution in [-0.2, 0) is 15.6 Å². The van der Waals surface area contributed by atoms with Gasteiger partial charge in [-0.2, -0.15) is 0 Å². The summed E-state index contributed by atoms with van der Waals surface area (Å²) in [6.07, 6.45) is 0.447. The number of thiocarbonyl (C=S) groups is 1. The van der Waals surface area contributed by atoms with Crippen molar-refractivity contribution < 1.29 is 13.9 Å². The lowest BCUT2D eigenvalue weighted by Crippen LogP contribution is -2.30. The van der Waals surface area contributed by atoms with Crippen LogP contribution in [0.1, 0.15) is 15.9 Å². The van der Waals surface area contributed by atoms with Gasteiger partial charge >= 0.3 is 0 Å². The lowest BCUT2D eigenvalue weighted by molar-refractivity contribution is 0.0861. The Labute approximate surface area is 129 Å². The summed E-state index contributed by atoms with van der Waals surface area (Å²) in [7, 11) is -0.276. The first-order valence-corrected chi connectivity index (χ1v) is 9.04. The average molecular weight is 343 g/mol. The van der Waals surface area contributed by atoms with E-state index in [9.17, 15) is 13.9 Å². The highest BCUT2D eigenvalue weighted by atomic mass is 32.2. The van der Waals surface area contributed by atoms with Gasteiger partial charge in [0.25, 0.3) is 5.91 Å². The Morgan fingerprint density at radius 1 is 1.30 bits per heavy atom. The van der Waals surface area contributed by atoms with Crippen LogP contribution in [0, 0.1) is 0 Å². The molecule has 0 aromatic heterocycles. The molecule has 1 aromatic rings. The quantitative estimate of drug-likeness (QED) is 0.604. The molecule has 1 aliphatic rings. The fourth-order valence-corrected chi connectivity index (χ4v) is 3.75. The van der Waals surface area contributed by atoms with Gasteiger partial charge in [-0.15, -0.1) is 0 Å². The standard InChI is InChI=1S/C12H11NO3P2S2/c14-11(13-5-6-20-12(13)19)9-3-1-8(2-4-9)7-10(17-15)18-16/h1-4,10H,5-7H2. The zero-order chi connectivity index (χ0) is 14.5. The van der Waals surface area contributed by atoms with Crippen LogP contribution < -0.4 is 0 Å². The van der Waals surface area contributed by atoms with Gasteiger partial charge in [0.15, 0.2) is 16.9 Å². The number of nitrogens with zero attached hydrogens (tertiary/aromatic N) is 1. The Balaban J connectivity index is 2.07. The summed E-state index contributed by atoms with van der Waals surface area (Å²) < 4.78 is 22.1. The number of hydrogen-bond donors (Lipinski definition) is 0. The van der Waals surface area contributed by atoms with E-state index in [4.69, 9.17) is 12.2 Å². The van der Waals surface area contributed by atoms with Crippen molar-refractivity contribution >= 4 is 51.1 Å². The Hall–Kier alpha value is -0.670. The lowest BCUT2D eigenvalue weighted by atomic mass is 10.1. The molecular formula is C12H11NO3P2S2. The van der Waals surface area contributed by atoms with Crippen molar-refractivity contribution in [2.75, 3.05) is 12.3 Å². The van der Waals surface area contributed by atoms with Gasteiger partial charge in [0.2, 0.25) is 0 Å². The Morgan fingerprint density at radius 2 is 1.95 bits per heavy atom. The monoisotopic (exact) mass is 343 g/mol. The van der Waals surface area contributed by atoms with Crippen molar-refractivity contribution in [3.8, 4) is 0 Å². The summed E-state index contributed by atoms with van der Waals surface area (Å²) in [4.78, 5) is 13.8. The van der Waals surface area contributed by atoms with Crippen LogP contribution in [-0.4, -0.2) is 32.8 Å². The van der Waals surface area contributed by atoms with Crippen molar-refractivity contribution in [2.45, 2.75) is 11.8 Å². The SMILES string of the molecule is O=PC(Cc1ccc(C(=O)N2CCSC2=S)cc1)P=O. The van der Waals surface area contributed by atoms with E-state index >= 15 is 0 Å². The van der Waals surface area contributed by atoms with Crippen LogP contribution >= 0.6 is 40.9 Å². The predicted molar refractivity (Wildman–Crippen MR) is 85.2 cm³/mol. The molecule has 1 aliphatic heterocycles. The van der Waals surface area contributed by atoms with Gasteiger partial charge in [0, 0.05) is 17.9 Å². The van der Waals surface area contributed by atoms with Gasteiger partial charge in [-0.3, -0.25) is 18.8 Å². The zero-order valence-corrected chi connectivity index (χ0v) is 13.8. The molecule has 1 amide bonds. The van der Waals surface area contributed by atoms with E-state index in [1.165, 1.54) is 11.8 Å². The fraction of sp³-hybridized carbons (Fsp3) is 0.333. The van der Waals surface area contributed by atoms with E-state index in [0.29, 0.717) is 22.8 Å². The minimum atomic E-state index is -0.431. The van der Waals surface area contributed by atoms with Crippen molar-refractivity contribution in [3.05, 3.63) is 35.4 Å².